The third kappa shape index (κ3) is 0.830. The molecule has 0 N–H and O–H groups in total. The number of alkyl halides is 7. The molecule has 108 valence electrons. The number of hydrogen-bond donors (Lipinski definition) is 0. The fourth-order valence-corrected chi connectivity index (χ4v) is 5.21. The Morgan fingerprint density at radius 3 is 1.90 bits per heavy atom. The molecule has 1 aromatic carbocycles. The van der Waals surface area contributed by atoms with Crippen LogP contribution in [0.4, 0.5) is 26.3 Å². The lowest BCUT2D eigenvalue weighted by molar-refractivity contribution is -0.496. The Labute approximate surface area is 118 Å². The summed E-state index contributed by atoms with van der Waals surface area (Å²) in [7, 11) is 0. The van der Waals surface area contributed by atoms with Crippen molar-refractivity contribution >= 4 is 15.9 Å². The number of rotatable bonds is 0. The topological polar surface area (TPSA) is 0 Å². The van der Waals surface area contributed by atoms with Crippen LogP contribution >= 0.6 is 15.9 Å². The van der Waals surface area contributed by atoms with Gasteiger partial charge in [-0.15, -0.1) is 0 Å². The van der Waals surface area contributed by atoms with Crippen molar-refractivity contribution in [1.82, 2.24) is 0 Å². The van der Waals surface area contributed by atoms with E-state index < -0.39 is 39.8 Å². The van der Waals surface area contributed by atoms with Gasteiger partial charge in [0.2, 0.25) is 11.3 Å². The van der Waals surface area contributed by atoms with Crippen molar-refractivity contribution in [2.24, 2.45) is 5.92 Å². The van der Waals surface area contributed by atoms with E-state index in [1.54, 1.807) is 6.07 Å². The first kappa shape index (κ1) is 13.0. The van der Waals surface area contributed by atoms with Gasteiger partial charge in [0.15, 0.2) is 0 Å². The van der Waals surface area contributed by atoms with Crippen molar-refractivity contribution in [1.29, 1.82) is 0 Å². The Bertz CT molecular complexity index is 631. The Kier molecular flexibility index (Phi) is 1.98. The average Bonchev–Trinajstić information content (AvgIpc) is 2.68. The van der Waals surface area contributed by atoms with Gasteiger partial charge in [-0.1, -0.05) is 40.2 Å². The zero-order chi connectivity index (χ0) is 14.7. The molecule has 2 saturated carbocycles. The van der Waals surface area contributed by atoms with E-state index in [2.05, 4.69) is 15.9 Å². The maximum atomic E-state index is 14.5. The van der Waals surface area contributed by atoms with Crippen LogP contribution in [0.15, 0.2) is 24.3 Å². The summed E-state index contributed by atoms with van der Waals surface area (Å²) in [6, 6.07) is 5.97. The van der Waals surface area contributed by atoms with Gasteiger partial charge >= 0.3 is 11.8 Å². The second kappa shape index (κ2) is 3.05. The summed E-state index contributed by atoms with van der Waals surface area (Å²) < 4.78 is 83.0. The van der Waals surface area contributed by atoms with Crippen LogP contribution in [0.1, 0.15) is 21.9 Å². The molecular weight excluding hydrogens is 350 g/mol. The van der Waals surface area contributed by atoms with E-state index in [4.69, 9.17) is 0 Å². The third-order valence-corrected chi connectivity index (χ3v) is 6.09. The second-order valence-electron chi connectivity index (χ2n) is 5.61. The highest BCUT2D eigenvalue weighted by Crippen LogP contribution is 2.87. The van der Waals surface area contributed by atoms with E-state index in [9.17, 15) is 26.3 Å². The van der Waals surface area contributed by atoms with E-state index in [1.165, 1.54) is 18.2 Å². The molecule has 2 fully saturated rings. The molecular formula is C13H7BrF6. The molecule has 0 aromatic heterocycles. The first-order valence-corrected chi connectivity index (χ1v) is 6.92. The van der Waals surface area contributed by atoms with Crippen molar-refractivity contribution < 1.29 is 26.3 Å². The Morgan fingerprint density at radius 1 is 0.800 bits per heavy atom. The molecule has 0 saturated heterocycles. The predicted molar refractivity (Wildman–Crippen MR) is 61.9 cm³/mol. The molecule has 4 rings (SSSR count). The minimum Gasteiger partial charge on any atom is -0.233 e. The van der Waals surface area contributed by atoms with Crippen molar-refractivity contribution in [2.45, 2.75) is 33.9 Å². The standard InChI is InChI=1S/C13H7BrF6/c14-9-6-4-2-1-3-5(6)7-8(9)11(16)10(7,15)12(17,18)13(11,19)20/h1-4,7-9H/t7-,8-,9-,10-,11+/m1/s1. The largest absolute Gasteiger partial charge is 0.350 e. The normalized spacial score (nSPS) is 49.5. The van der Waals surface area contributed by atoms with Gasteiger partial charge in [-0.05, 0) is 11.1 Å². The van der Waals surface area contributed by atoms with Gasteiger partial charge < -0.3 is 0 Å². The monoisotopic (exact) mass is 356 g/mol. The molecule has 0 aliphatic heterocycles. The molecule has 0 radical (unpaired) electrons. The average molecular weight is 357 g/mol. The van der Waals surface area contributed by atoms with E-state index in [1.807, 2.05) is 0 Å². The van der Waals surface area contributed by atoms with Crippen molar-refractivity contribution in [3.8, 4) is 0 Å². The molecule has 20 heavy (non-hydrogen) atoms. The molecule has 0 spiro atoms. The zero-order valence-electron chi connectivity index (χ0n) is 9.69. The molecule has 0 bridgehead atoms. The summed E-state index contributed by atoms with van der Waals surface area (Å²) in [4.78, 5) is -0.889. The maximum absolute atomic E-state index is 14.5. The van der Waals surface area contributed by atoms with E-state index in [0.29, 0.717) is 5.56 Å². The maximum Gasteiger partial charge on any atom is 0.350 e. The number of halogens is 7. The van der Waals surface area contributed by atoms with E-state index in [-0.39, 0.29) is 5.56 Å². The summed E-state index contributed by atoms with van der Waals surface area (Å²) >= 11 is 3.06. The Hall–Kier alpha value is -0.720. The molecule has 3 aliphatic carbocycles. The molecule has 0 heterocycles. The van der Waals surface area contributed by atoms with Gasteiger partial charge in [0.25, 0.3) is 0 Å². The molecule has 7 heteroatoms. The lowest BCUT2D eigenvalue weighted by Crippen LogP contribution is -2.96. The Morgan fingerprint density at radius 2 is 1.30 bits per heavy atom. The van der Waals surface area contributed by atoms with Crippen LogP contribution in [0.3, 0.4) is 0 Å². The SMILES string of the molecule is FC1(F)C(F)(F)[C@@]2(F)[C@@H]3c4ccccc4[C@@H](Br)[C@@H]3[C@@]12F. The lowest BCUT2D eigenvalue weighted by atomic mass is 9.39. The summed E-state index contributed by atoms with van der Waals surface area (Å²) in [5.74, 6) is -13.0. The molecule has 5 atom stereocenters. The van der Waals surface area contributed by atoms with Gasteiger partial charge in [-0.2, -0.15) is 17.6 Å². The first-order valence-electron chi connectivity index (χ1n) is 6.00. The van der Waals surface area contributed by atoms with Crippen LogP contribution in [-0.4, -0.2) is 23.2 Å². The van der Waals surface area contributed by atoms with Crippen molar-refractivity contribution in [2.75, 3.05) is 0 Å². The number of hydrogen-bond acceptors (Lipinski definition) is 0. The highest BCUT2D eigenvalue weighted by Gasteiger charge is 3.08. The van der Waals surface area contributed by atoms with Gasteiger partial charge in [-0.25, -0.2) is 8.78 Å². The molecule has 0 amide bonds. The van der Waals surface area contributed by atoms with E-state index >= 15 is 0 Å². The van der Waals surface area contributed by atoms with E-state index in [0.717, 1.165) is 0 Å². The third-order valence-electron chi connectivity index (χ3n) is 5.03. The summed E-state index contributed by atoms with van der Waals surface area (Å²) in [6.07, 6.45) is 0. The zero-order valence-corrected chi connectivity index (χ0v) is 11.3. The molecule has 0 nitrogen and oxygen atoms in total. The summed E-state index contributed by atoms with van der Waals surface area (Å²) in [5.41, 5.74) is -7.06. The smallest absolute Gasteiger partial charge is 0.233 e. The van der Waals surface area contributed by atoms with Crippen LogP contribution in [-0.2, 0) is 0 Å². The fourth-order valence-electron chi connectivity index (χ4n) is 4.12. The fraction of sp³-hybridized carbons (Fsp3) is 0.538. The van der Waals surface area contributed by atoms with Gasteiger partial charge in [0.1, 0.15) is 0 Å². The minimum absolute atomic E-state index is 0.185. The molecule has 0 unspecified atom stereocenters. The lowest BCUT2D eigenvalue weighted by Gasteiger charge is -2.71. The van der Waals surface area contributed by atoms with Crippen molar-refractivity contribution in [3.05, 3.63) is 35.4 Å². The molecule has 3 aliphatic rings. The quantitative estimate of drug-likeness (QED) is 0.472. The van der Waals surface area contributed by atoms with Crippen LogP contribution in [0.2, 0.25) is 0 Å². The highest BCUT2D eigenvalue weighted by atomic mass is 79.9. The second-order valence-corrected chi connectivity index (χ2v) is 6.59. The van der Waals surface area contributed by atoms with Crippen LogP contribution in [0.5, 0.6) is 0 Å². The van der Waals surface area contributed by atoms with Crippen LogP contribution in [0.25, 0.3) is 0 Å². The molecule has 1 aromatic rings. The van der Waals surface area contributed by atoms with Gasteiger partial charge in [0.05, 0.1) is 0 Å². The van der Waals surface area contributed by atoms with Gasteiger partial charge in [-0.3, -0.25) is 0 Å². The highest BCUT2D eigenvalue weighted by molar-refractivity contribution is 9.09. The first-order chi connectivity index (χ1) is 9.14. The Balaban J connectivity index is 1.94. The summed E-state index contributed by atoms with van der Waals surface area (Å²) in [5, 5.41) is 0. The van der Waals surface area contributed by atoms with Crippen LogP contribution < -0.4 is 0 Å². The number of fused-ring (bicyclic) bond motifs is 6. The minimum atomic E-state index is -4.99. The van der Waals surface area contributed by atoms with Gasteiger partial charge in [0, 0.05) is 16.7 Å². The van der Waals surface area contributed by atoms with Crippen molar-refractivity contribution in [3.63, 3.8) is 0 Å². The number of benzene rings is 1. The van der Waals surface area contributed by atoms with Crippen LogP contribution in [0, 0.1) is 5.92 Å². The predicted octanol–water partition coefficient (Wildman–Crippen LogP) is 4.55. The summed E-state index contributed by atoms with van der Waals surface area (Å²) in [6.45, 7) is 0.